The molecule has 1 nitrogen and oxygen atoms in total. The number of hydrogen-bond acceptors (Lipinski definition) is 1. The molecular formula is C21H19BrO. The summed E-state index contributed by atoms with van der Waals surface area (Å²) in [5.41, 5.74) is 3.77. The average Bonchev–Trinajstić information content (AvgIpc) is 2.61. The van der Waals surface area contributed by atoms with Gasteiger partial charge in [0.05, 0.1) is 0 Å². The van der Waals surface area contributed by atoms with E-state index in [0.29, 0.717) is 6.61 Å². The van der Waals surface area contributed by atoms with Gasteiger partial charge >= 0.3 is 0 Å². The number of rotatable bonds is 6. The minimum atomic E-state index is 0.598. The minimum absolute atomic E-state index is 0.598. The lowest BCUT2D eigenvalue weighted by atomic mass is 10.0. The highest BCUT2D eigenvalue weighted by Crippen LogP contribution is 2.25. The van der Waals surface area contributed by atoms with Gasteiger partial charge in [0.1, 0.15) is 12.4 Å². The molecule has 0 unspecified atom stereocenters. The first-order valence-corrected chi connectivity index (χ1v) is 8.59. The van der Waals surface area contributed by atoms with Gasteiger partial charge in [-0.2, -0.15) is 0 Å². The second kappa shape index (κ2) is 7.98. The van der Waals surface area contributed by atoms with Crippen LogP contribution in [0.1, 0.15) is 16.7 Å². The second-order valence-corrected chi connectivity index (χ2v) is 6.43. The summed E-state index contributed by atoms with van der Waals surface area (Å²) < 4.78 is 7.14. The maximum absolute atomic E-state index is 6.05. The van der Waals surface area contributed by atoms with Gasteiger partial charge in [0.25, 0.3) is 0 Å². The summed E-state index contributed by atoms with van der Waals surface area (Å²) in [7, 11) is 0. The molecule has 3 aromatic rings. The molecule has 0 spiro atoms. The molecule has 0 saturated carbocycles. The van der Waals surface area contributed by atoms with Crippen molar-refractivity contribution in [1.29, 1.82) is 0 Å². The van der Waals surface area contributed by atoms with Gasteiger partial charge in [-0.15, -0.1) is 0 Å². The summed E-state index contributed by atoms with van der Waals surface area (Å²) in [6.07, 6.45) is 1.98. The fourth-order valence-electron chi connectivity index (χ4n) is 2.54. The lowest BCUT2D eigenvalue weighted by molar-refractivity contribution is 0.303. The monoisotopic (exact) mass is 366 g/mol. The maximum atomic E-state index is 6.05. The summed E-state index contributed by atoms with van der Waals surface area (Å²) in [6.45, 7) is 0.598. The Balaban J connectivity index is 1.70. The van der Waals surface area contributed by atoms with Gasteiger partial charge < -0.3 is 4.74 Å². The molecule has 0 fully saturated rings. The van der Waals surface area contributed by atoms with E-state index < -0.39 is 0 Å². The Morgan fingerprint density at radius 2 is 1.35 bits per heavy atom. The van der Waals surface area contributed by atoms with Gasteiger partial charge in [0.15, 0.2) is 0 Å². The molecule has 0 aromatic heterocycles. The van der Waals surface area contributed by atoms with Crippen molar-refractivity contribution in [3.05, 3.63) is 100 Å². The van der Waals surface area contributed by atoms with Gasteiger partial charge in [-0.25, -0.2) is 0 Å². The second-order valence-electron chi connectivity index (χ2n) is 5.51. The molecule has 0 radical (unpaired) electrons. The van der Waals surface area contributed by atoms with Crippen molar-refractivity contribution in [2.24, 2.45) is 0 Å². The van der Waals surface area contributed by atoms with Crippen molar-refractivity contribution in [3.8, 4) is 5.75 Å². The fourth-order valence-corrected chi connectivity index (χ4v) is 2.95. The third-order valence-corrected chi connectivity index (χ3v) is 4.28. The van der Waals surface area contributed by atoms with Gasteiger partial charge in [-0.1, -0.05) is 76.6 Å². The summed E-state index contributed by atoms with van der Waals surface area (Å²) in [5.74, 6) is 0.966. The van der Waals surface area contributed by atoms with E-state index in [0.717, 1.165) is 23.1 Å². The molecule has 2 heteroatoms. The molecule has 0 amide bonds. The van der Waals surface area contributed by atoms with E-state index in [1.165, 1.54) is 16.7 Å². The van der Waals surface area contributed by atoms with Crippen LogP contribution in [0, 0.1) is 0 Å². The Morgan fingerprint density at radius 1 is 0.696 bits per heavy atom. The Bertz CT molecular complexity index is 738. The molecule has 0 atom stereocenters. The minimum Gasteiger partial charge on any atom is -0.489 e. The van der Waals surface area contributed by atoms with Gasteiger partial charge in [0.2, 0.25) is 0 Å². The molecule has 0 aliphatic carbocycles. The summed E-state index contributed by atoms with van der Waals surface area (Å²) in [5, 5.41) is 0. The Morgan fingerprint density at radius 3 is 2.04 bits per heavy atom. The van der Waals surface area contributed by atoms with Gasteiger partial charge in [-0.3, -0.25) is 0 Å². The first-order chi connectivity index (χ1) is 11.3. The van der Waals surface area contributed by atoms with E-state index in [-0.39, 0.29) is 0 Å². The highest BCUT2D eigenvalue weighted by Gasteiger charge is 2.06. The molecule has 0 heterocycles. The highest BCUT2D eigenvalue weighted by atomic mass is 79.9. The quantitative estimate of drug-likeness (QED) is 0.534. The smallest absolute Gasteiger partial charge is 0.123 e. The zero-order chi connectivity index (χ0) is 15.9. The lowest BCUT2D eigenvalue weighted by Gasteiger charge is -2.12. The maximum Gasteiger partial charge on any atom is 0.123 e. The zero-order valence-electron chi connectivity index (χ0n) is 12.9. The van der Waals surface area contributed by atoms with Crippen LogP contribution in [0.25, 0.3) is 0 Å². The normalized spacial score (nSPS) is 10.5. The highest BCUT2D eigenvalue weighted by molar-refractivity contribution is 9.10. The van der Waals surface area contributed by atoms with Crippen molar-refractivity contribution in [2.75, 3.05) is 0 Å². The van der Waals surface area contributed by atoms with Crippen molar-refractivity contribution in [1.82, 2.24) is 0 Å². The van der Waals surface area contributed by atoms with Crippen molar-refractivity contribution in [2.45, 2.75) is 19.4 Å². The third-order valence-electron chi connectivity index (χ3n) is 3.79. The topological polar surface area (TPSA) is 9.23 Å². The first-order valence-electron chi connectivity index (χ1n) is 7.80. The fraction of sp³-hybridized carbons (Fsp3) is 0.143. The lowest BCUT2D eigenvalue weighted by Crippen LogP contribution is -2.00. The molecular weight excluding hydrogens is 348 g/mol. The largest absolute Gasteiger partial charge is 0.489 e. The van der Waals surface area contributed by atoms with E-state index in [1.54, 1.807) is 0 Å². The first kappa shape index (κ1) is 15.8. The van der Waals surface area contributed by atoms with Crippen molar-refractivity contribution in [3.63, 3.8) is 0 Å². The Hall–Kier alpha value is -2.06. The van der Waals surface area contributed by atoms with E-state index in [1.807, 2.05) is 30.3 Å². The standard InChI is InChI=1S/C21H19BrO/c22-20-13-14-21(23-16-18-9-5-2-6-10-18)19(15-20)12-11-17-7-3-1-4-8-17/h1-10,13-15H,11-12,16H2. The zero-order valence-corrected chi connectivity index (χ0v) is 14.5. The van der Waals surface area contributed by atoms with E-state index in [4.69, 9.17) is 4.74 Å². The summed E-state index contributed by atoms with van der Waals surface area (Å²) in [6, 6.07) is 27.1. The van der Waals surface area contributed by atoms with E-state index in [2.05, 4.69) is 64.5 Å². The van der Waals surface area contributed by atoms with Crippen molar-refractivity contribution >= 4 is 15.9 Å². The number of ether oxygens (including phenoxy) is 1. The van der Waals surface area contributed by atoms with Crippen LogP contribution in [0.2, 0.25) is 0 Å². The number of halogens is 1. The Kier molecular flexibility index (Phi) is 5.49. The number of benzene rings is 3. The van der Waals surface area contributed by atoms with Crippen LogP contribution < -0.4 is 4.74 Å². The van der Waals surface area contributed by atoms with E-state index in [9.17, 15) is 0 Å². The molecule has 0 saturated heterocycles. The van der Waals surface area contributed by atoms with Crippen molar-refractivity contribution < 1.29 is 4.74 Å². The molecule has 3 aromatic carbocycles. The van der Waals surface area contributed by atoms with Crippen LogP contribution in [-0.4, -0.2) is 0 Å². The third kappa shape index (κ3) is 4.70. The van der Waals surface area contributed by atoms with Crippen LogP contribution >= 0.6 is 15.9 Å². The molecule has 0 N–H and O–H groups in total. The summed E-state index contributed by atoms with van der Waals surface area (Å²) in [4.78, 5) is 0. The van der Waals surface area contributed by atoms with Gasteiger partial charge in [0, 0.05) is 4.47 Å². The van der Waals surface area contributed by atoms with Crippen LogP contribution in [0.15, 0.2) is 83.3 Å². The average molecular weight is 367 g/mol. The molecule has 0 aliphatic rings. The number of aryl methyl sites for hydroxylation is 2. The Labute approximate surface area is 146 Å². The van der Waals surface area contributed by atoms with Crippen LogP contribution in [-0.2, 0) is 19.4 Å². The summed E-state index contributed by atoms with van der Waals surface area (Å²) >= 11 is 3.56. The van der Waals surface area contributed by atoms with Crippen LogP contribution in [0.5, 0.6) is 5.75 Å². The number of hydrogen-bond donors (Lipinski definition) is 0. The van der Waals surface area contributed by atoms with Gasteiger partial charge in [-0.05, 0) is 47.7 Å². The van der Waals surface area contributed by atoms with Crippen LogP contribution in [0.4, 0.5) is 0 Å². The molecule has 0 aliphatic heterocycles. The predicted octanol–water partition coefficient (Wildman–Crippen LogP) is 5.81. The SMILES string of the molecule is Brc1ccc(OCc2ccccc2)c(CCc2ccccc2)c1. The predicted molar refractivity (Wildman–Crippen MR) is 98.8 cm³/mol. The molecule has 0 bridgehead atoms. The van der Waals surface area contributed by atoms with E-state index >= 15 is 0 Å². The molecule has 3 rings (SSSR count). The molecule has 116 valence electrons. The molecule has 23 heavy (non-hydrogen) atoms. The van der Waals surface area contributed by atoms with Crippen LogP contribution in [0.3, 0.4) is 0 Å².